The van der Waals surface area contributed by atoms with Crippen LogP contribution in [0.2, 0.25) is 0 Å². The zero-order valence-corrected chi connectivity index (χ0v) is 10.2. The number of methoxy groups -OCH3 is 1. The predicted molar refractivity (Wildman–Crippen MR) is 63.8 cm³/mol. The molecule has 4 nitrogen and oxygen atoms in total. The number of thiophene rings is 1. The van der Waals surface area contributed by atoms with Crippen molar-refractivity contribution in [2.75, 3.05) is 33.4 Å². The molecule has 5 heteroatoms. The molecule has 0 saturated carbocycles. The molecule has 0 saturated heterocycles. The third-order valence-corrected chi connectivity index (χ3v) is 3.02. The van der Waals surface area contributed by atoms with E-state index in [1.807, 2.05) is 11.4 Å². The second-order valence-electron chi connectivity index (χ2n) is 3.34. The van der Waals surface area contributed by atoms with Crippen LogP contribution in [-0.4, -0.2) is 49.3 Å². The van der Waals surface area contributed by atoms with Crippen LogP contribution in [0.15, 0.2) is 17.5 Å². The summed E-state index contributed by atoms with van der Waals surface area (Å²) in [6, 6.07) is 3.65. The number of amides is 1. The van der Waals surface area contributed by atoms with E-state index in [0.717, 1.165) is 6.42 Å². The van der Waals surface area contributed by atoms with Crippen molar-refractivity contribution < 1.29 is 14.6 Å². The molecule has 1 N–H and O–H groups in total. The Kier molecular flexibility index (Phi) is 6.07. The molecule has 1 heterocycles. The summed E-state index contributed by atoms with van der Waals surface area (Å²) in [5, 5.41) is 10.8. The van der Waals surface area contributed by atoms with Gasteiger partial charge in [-0.3, -0.25) is 4.79 Å². The fourth-order valence-corrected chi connectivity index (χ4v) is 2.08. The standard InChI is InChI=1S/C11H17NO3S/c1-15-8-3-5-12(6-7-13)11(14)10-4-2-9-16-10/h2,4,9,13H,3,5-8H2,1H3. The van der Waals surface area contributed by atoms with Gasteiger partial charge in [-0.1, -0.05) is 6.07 Å². The largest absolute Gasteiger partial charge is 0.395 e. The van der Waals surface area contributed by atoms with E-state index in [-0.39, 0.29) is 12.5 Å². The minimum absolute atomic E-state index is 0.00982. The molecule has 0 unspecified atom stereocenters. The van der Waals surface area contributed by atoms with Crippen LogP contribution in [0.25, 0.3) is 0 Å². The lowest BCUT2D eigenvalue weighted by Crippen LogP contribution is -2.34. The maximum Gasteiger partial charge on any atom is 0.263 e. The monoisotopic (exact) mass is 243 g/mol. The number of aliphatic hydroxyl groups is 1. The highest BCUT2D eigenvalue weighted by Gasteiger charge is 2.15. The lowest BCUT2D eigenvalue weighted by Gasteiger charge is -2.20. The first-order chi connectivity index (χ1) is 7.79. The molecule has 90 valence electrons. The zero-order valence-electron chi connectivity index (χ0n) is 9.39. The first-order valence-electron chi connectivity index (χ1n) is 5.22. The number of rotatable bonds is 7. The molecular formula is C11H17NO3S. The van der Waals surface area contributed by atoms with Gasteiger partial charge in [0, 0.05) is 26.8 Å². The Hall–Kier alpha value is -0.910. The van der Waals surface area contributed by atoms with Crippen LogP contribution in [-0.2, 0) is 4.74 Å². The maximum absolute atomic E-state index is 12.0. The van der Waals surface area contributed by atoms with Gasteiger partial charge in [-0.15, -0.1) is 11.3 Å². The number of hydrogen-bond acceptors (Lipinski definition) is 4. The highest BCUT2D eigenvalue weighted by molar-refractivity contribution is 7.12. The summed E-state index contributed by atoms with van der Waals surface area (Å²) in [6.07, 6.45) is 0.785. The molecule has 0 bridgehead atoms. The molecule has 0 aliphatic heterocycles. The van der Waals surface area contributed by atoms with Gasteiger partial charge < -0.3 is 14.7 Å². The average molecular weight is 243 g/mol. The van der Waals surface area contributed by atoms with Crippen LogP contribution in [0.3, 0.4) is 0 Å². The fourth-order valence-electron chi connectivity index (χ4n) is 1.39. The SMILES string of the molecule is COCCCN(CCO)C(=O)c1cccs1. The molecule has 0 aliphatic rings. The Labute approximate surface area is 99.5 Å². The van der Waals surface area contributed by atoms with E-state index in [1.165, 1.54) is 11.3 Å². The van der Waals surface area contributed by atoms with Gasteiger partial charge in [-0.2, -0.15) is 0 Å². The third-order valence-electron chi connectivity index (χ3n) is 2.17. The van der Waals surface area contributed by atoms with Crippen molar-refractivity contribution in [1.82, 2.24) is 4.90 Å². The summed E-state index contributed by atoms with van der Waals surface area (Å²) in [4.78, 5) is 14.3. The van der Waals surface area contributed by atoms with Crippen molar-refractivity contribution in [2.24, 2.45) is 0 Å². The predicted octanol–water partition coefficient (Wildman–Crippen LogP) is 1.22. The van der Waals surface area contributed by atoms with Crippen molar-refractivity contribution in [1.29, 1.82) is 0 Å². The van der Waals surface area contributed by atoms with E-state index in [0.29, 0.717) is 24.6 Å². The van der Waals surface area contributed by atoms with Gasteiger partial charge in [0.1, 0.15) is 0 Å². The van der Waals surface area contributed by atoms with Crippen LogP contribution in [0, 0.1) is 0 Å². The van der Waals surface area contributed by atoms with Crippen molar-refractivity contribution >= 4 is 17.2 Å². The van der Waals surface area contributed by atoms with E-state index >= 15 is 0 Å². The zero-order chi connectivity index (χ0) is 11.8. The molecule has 1 aromatic rings. The van der Waals surface area contributed by atoms with Crippen LogP contribution in [0.1, 0.15) is 16.1 Å². The lowest BCUT2D eigenvalue weighted by atomic mass is 10.3. The van der Waals surface area contributed by atoms with E-state index in [4.69, 9.17) is 9.84 Å². The van der Waals surface area contributed by atoms with Crippen LogP contribution >= 0.6 is 11.3 Å². The number of carbonyl (C=O) groups excluding carboxylic acids is 1. The smallest absolute Gasteiger partial charge is 0.263 e. The normalized spacial score (nSPS) is 10.4. The summed E-state index contributed by atoms with van der Waals surface area (Å²) < 4.78 is 4.94. The Morgan fingerprint density at radius 2 is 2.38 bits per heavy atom. The van der Waals surface area contributed by atoms with Crippen molar-refractivity contribution in [3.8, 4) is 0 Å². The molecular weight excluding hydrogens is 226 g/mol. The van der Waals surface area contributed by atoms with Crippen molar-refractivity contribution in [3.05, 3.63) is 22.4 Å². The van der Waals surface area contributed by atoms with E-state index in [1.54, 1.807) is 18.1 Å². The molecule has 1 amide bonds. The Morgan fingerprint density at radius 3 is 2.94 bits per heavy atom. The highest BCUT2D eigenvalue weighted by atomic mass is 32.1. The minimum Gasteiger partial charge on any atom is -0.395 e. The number of hydrogen-bond donors (Lipinski definition) is 1. The Morgan fingerprint density at radius 1 is 1.56 bits per heavy atom. The van der Waals surface area contributed by atoms with E-state index in [9.17, 15) is 4.79 Å². The van der Waals surface area contributed by atoms with Crippen LogP contribution < -0.4 is 0 Å². The first-order valence-corrected chi connectivity index (χ1v) is 6.10. The van der Waals surface area contributed by atoms with Gasteiger partial charge in [-0.05, 0) is 17.9 Å². The second kappa shape index (κ2) is 7.38. The van der Waals surface area contributed by atoms with Gasteiger partial charge in [0.15, 0.2) is 0 Å². The van der Waals surface area contributed by atoms with Gasteiger partial charge in [0.05, 0.1) is 11.5 Å². The third kappa shape index (κ3) is 3.92. The van der Waals surface area contributed by atoms with Crippen molar-refractivity contribution in [3.63, 3.8) is 0 Å². The topological polar surface area (TPSA) is 49.8 Å². The Balaban J connectivity index is 2.52. The van der Waals surface area contributed by atoms with E-state index < -0.39 is 0 Å². The summed E-state index contributed by atoms with van der Waals surface area (Å²) in [5.41, 5.74) is 0. The quantitative estimate of drug-likeness (QED) is 0.733. The molecule has 0 spiro atoms. The highest BCUT2D eigenvalue weighted by Crippen LogP contribution is 2.12. The van der Waals surface area contributed by atoms with Crippen LogP contribution in [0.4, 0.5) is 0 Å². The van der Waals surface area contributed by atoms with E-state index in [2.05, 4.69) is 0 Å². The average Bonchev–Trinajstić information content (AvgIpc) is 2.81. The first kappa shape index (κ1) is 13.2. The number of ether oxygens (including phenoxy) is 1. The van der Waals surface area contributed by atoms with Gasteiger partial charge in [-0.25, -0.2) is 0 Å². The molecule has 1 aromatic heterocycles. The molecule has 0 radical (unpaired) electrons. The minimum atomic E-state index is -0.0137. The second-order valence-corrected chi connectivity index (χ2v) is 4.29. The lowest BCUT2D eigenvalue weighted by molar-refractivity contribution is 0.0706. The van der Waals surface area contributed by atoms with Crippen LogP contribution in [0.5, 0.6) is 0 Å². The summed E-state index contributed by atoms with van der Waals surface area (Å²) >= 11 is 1.42. The summed E-state index contributed by atoms with van der Waals surface area (Å²) in [6.45, 7) is 1.61. The number of carbonyl (C=O) groups is 1. The Bertz CT molecular complexity index is 300. The fraction of sp³-hybridized carbons (Fsp3) is 0.545. The summed E-state index contributed by atoms with van der Waals surface area (Å²) in [5.74, 6) is -0.0137. The molecule has 0 atom stereocenters. The van der Waals surface area contributed by atoms with Gasteiger partial charge in [0.25, 0.3) is 5.91 Å². The number of aliphatic hydroxyl groups excluding tert-OH is 1. The van der Waals surface area contributed by atoms with Crippen molar-refractivity contribution in [2.45, 2.75) is 6.42 Å². The molecule has 0 fully saturated rings. The summed E-state index contributed by atoms with van der Waals surface area (Å²) in [7, 11) is 1.64. The number of nitrogens with zero attached hydrogens (tertiary/aromatic N) is 1. The van der Waals surface area contributed by atoms with Gasteiger partial charge in [0.2, 0.25) is 0 Å². The molecule has 0 aromatic carbocycles. The maximum atomic E-state index is 12.0. The van der Waals surface area contributed by atoms with Gasteiger partial charge >= 0.3 is 0 Å². The molecule has 0 aliphatic carbocycles. The molecule has 16 heavy (non-hydrogen) atoms. The molecule has 1 rings (SSSR count).